The summed E-state index contributed by atoms with van der Waals surface area (Å²) in [6, 6.07) is -0.0579. The lowest BCUT2D eigenvalue weighted by Crippen LogP contribution is -2.44. The number of ether oxygens (including phenoxy) is 1. The summed E-state index contributed by atoms with van der Waals surface area (Å²) in [6.45, 7) is 1.24. The number of carboxylic acids is 1. The average Bonchev–Trinajstić information content (AvgIpc) is 3.24. The van der Waals surface area contributed by atoms with E-state index in [0.29, 0.717) is 25.9 Å². The maximum Gasteiger partial charge on any atom is 0.332 e. The molecule has 0 radical (unpaired) electrons. The van der Waals surface area contributed by atoms with E-state index in [0.717, 1.165) is 32.1 Å². The van der Waals surface area contributed by atoms with Crippen LogP contribution in [0.2, 0.25) is 0 Å². The Hall–Kier alpha value is -1.63. The molecule has 0 aromatic heterocycles. The number of nitrogens with one attached hydrogen (secondary N) is 1. The molecule has 24 heavy (non-hydrogen) atoms. The van der Waals surface area contributed by atoms with Gasteiger partial charge in [0, 0.05) is 25.0 Å². The van der Waals surface area contributed by atoms with Gasteiger partial charge in [-0.15, -0.1) is 0 Å². The van der Waals surface area contributed by atoms with Gasteiger partial charge in [0.15, 0.2) is 6.10 Å². The van der Waals surface area contributed by atoms with E-state index in [2.05, 4.69) is 5.32 Å². The number of carboxylic acid groups (broad SMARTS) is 1. The van der Waals surface area contributed by atoms with E-state index in [9.17, 15) is 14.4 Å². The van der Waals surface area contributed by atoms with Crippen LogP contribution >= 0.6 is 0 Å². The van der Waals surface area contributed by atoms with Gasteiger partial charge in [-0.2, -0.15) is 0 Å². The highest BCUT2D eigenvalue weighted by Gasteiger charge is 2.37. The minimum absolute atomic E-state index is 0.0579. The Balaban J connectivity index is 1.45. The third-order valence-corrected chi connectivity index (χ3v) is 5.39. The van der Waals surface area contributed by atoms with Crippen molar-refractivity contribution in [3.8, 4) is 0 Å². The van der Waals surface area contributed by atoms with E-state index >= 15 is 0 Å². The fourth-order valence-corrected chi connectivity index (χ4v) is 3.99. The SMILES string of the molecule is O=C(NC1CCN(C(=O)C2CCCCC2)C1)[C@@H]1CC[C@H](C(=O)O)O1. The predicted molar refractivity (Wildman–Crippen MR) is 85.2 cm³/mol. The molecular weight excluding hydrogens is 312 g/mol. The fourth-order valence-electron chi connectivity index (χ4n) is 3.99. The van der Waals surface area contributed by atoms with Crippen LogP contribution in [-0.2, 0) is 19.1 Å². The quantitative estimate of drug-likeness (QED) is 0.794. The number of carbonyl (C=O) groups excluding carboxylic acids is 2. The van der Waals surface area contributed by atoms with Gasteiger partial charge in [0.25, 0.3) is 0 Å². The second kappa shape index (κ2) is 7.51. The molecule has 3 aliphatic rings. The number of aliphatic carboxylic acids is 1. The Morgan fingerprint density at radius 2 is 1.67 bits per heavy atom. The summed E-state index contributed by atoms with van der Waals surface area (Å²) in [6.07, 6.45) is 5.44. The predicted octanol–water partition coefficient (Wildman–Crippen LogP) is 0.916. The van der Waals surface area contributed by atoms with Gasteiger partial charge in [-0.25, -0.2) is 4.79 Å². The van der Waals surface area contributed by atoms with Crippen molar-refractivity contribution in [1.82, 2.24) is 10.2 Å². The Labute approximate surface area is 141 Å². The number of likely N-dealkylation sites (tertiary alicyclic amines) is 1. The standard InChI is InChI=1S/C17H26N2O5/c20-15(13-6-7-14(24-13)17(22)23)18-12-8-9-19(10-12)16(21)11-4-2-1-3-5-11/h11-14H,1-10H2,(H,18,20)(H,22,23)/t12?,13-,14+/m0/s1. The first-order valence-corrected chi connectivity index (χ1v) is 9.02. The molecule has 0 aromatic rings. The van der Waals surface area contributed by atoms with Gasteiger partial charge >= 0.3 is 5.97 Å². The largest absolute Gasteiger partial charge is 0.479 e. The Morgan fingerprint density at radius 1 is 0.958 bits per heavy atom. The molecular formula is C17H26N2O5. The summed E-state index contributed by atoms with van der Waals surface area (Å²) in [7, 11) is 0. The van der Waals surface area contributed by atoms with Gasteiger partial charge < -0.3 is 20.1 Å². The molecule has 2 amide bonds. The Morgan fingerprint density at radius 3 is 2.33 bits per heavy atom. The van der Waals surface area contributed by atoms with E-state index in [1.54, 1.807) is 0 Å². The van der Waals surface area contributed by atoms with Gasteiger partial charge in [0.1, 0.15) is 6.10 Å². The van der Waals surface area contributed by atoms with Gasteiger partial charge in [-0.3, -0.25) is 9.59 Å². The second-order valence-corrected chi connectivity index (χ2v) is 7.14. The van der Waals surface area contributed by atoms with Crippen molar-refractivity contribution >= 4 is 17.8 Å². The lowest BCUT2D eigenvalue weighted by Gasteiger charge is -2.26. The minimum Gasteiger partial charge on any atom is -0.479 e. The normalized spacial score (nSPS) is 31.2. The van der Waals surface area contributed by atoms with Crippen LogP contribution in [0.5, 0.6) is 0 Å². The maximum atomic E-state index is 12.5. The molecule has 0 aromatic carbocycles. The summed E-state index contributed by atoms with van der Waals surface area (Å²) in [5.74, 6) is -0.886. The zero-order chi connectivity index (χ0) is 17.1. The molecule has 3 fully saturated rings. The van der Waals surface area contributed by atoms with Gasteiger partial charge in [-0.1, -0.05) is 19.3 Å². The molecule has 2 aliphatic heterocycles. The zero-order valence-corrected chi connectivity index (χ0v) is 13.9. The molecule has 1 unspecified atom stereocenters. The van der Waals surface area contributed by atoms with Crippen molar-refractivity contribution in [2.24, 2.45) is 5.92 Å². The molecule has 1 saturated carbocycles. The molecule has 2 heterocycles. The van der Waals surface area contributed by atoms with Crippen molar-refractivity contribution in [2.45, 2.75) is 69.6 Å². The summed E-state index contributed by atoms with van der Waals surface area (Å²) in [5.41, 5.74) is 0. The van der Waals surface area contributed by atoms with Crippen molar-refractivity contribution < 1.29 is 24.2 Å². The number of carbonyl (C=O) groups is 3. The first-order valence-electron chi connectivity index (χ1n) is 9.02. The van der Waals surface area contributed by atoms with Crippen LogP contribution in [0.4, 0.5) is 0 Å². The van der Waals surface area contributed by atoms with Crippen LogP contribution in [0.25, 0.3) is 0 Å². The summed E-state index contributed by atoms with van der Waals surface area (Å²) >= 11 is 0. The third-order valence-electron chi connectivity index (χ3n) is 5.39. The van der Waals surface area contributed by atoms with Crippen LogP contribution in [0.15, 0.2) is 0 Å². The molecule has 0 spiro atoms. The summed E-state index contributed by atoms with van der Waals surface area (Å²) in [5, 5.41) is 11.8. The number of hydrogen-bond donors (Lipinski definition) is 2. The van der Waals surface area contributed by atoms with Crippen LogP contribution in [0.1, 0.15) is 51.4 Å². The van der Waals surface area contributed by atoms with Crippen molar-refractivity contribution in [3.63, 3.8) is 0 Å². The topological polar surface area (TPSA) is 95.9 Å². The van der Waals surface area contributed by atoms with E-state index in [-0.39, 0.29) is 23.8 Å². The molecule has 3 rings (SSSR count). The van der Waals surface area contributed by atoms with E-state index in [4.69, 9.17) is 9.84 Å². The Bertz CT molecular complexity index is 503. The van der Waals surface area contributed by atoms with E-state index < -0.39 is 18.2 Å². The second-order valence-electron chi connectivity index (χ2n) is 7.14. The van der Waals surface area contributed by atoms with E-state index in [1.807, 2.05) is 4.90 Å². The smallest absolute Gasteiger partial charge is 0.332 e. The lowest BCUT2D eigenvalue weighted by molar-refractivity contribution is -0.152. The summed E-state index contributed by atoms with van der Waals surface area (Å²) < 4.78 is 5.27. The van der Waals surface area contributed by atoms with Crippen molar-refractivity contribution in [1.29, 1.82) is 0 Å². The molecule has 1 aliphatic carbocycles. The van der Waals surface area contributed by atoms with Gasteiger partial charge in [0.2, 0.25) is 11.8 Å². The number of nitrogens with zero attached hydrogens (tertiary/aromatic N) is 1. The van der Waals surface area contributed by atoms with Crippen molar-refractivity contribution in [2.75, 3.05) is 13.1 Å². The molecule has 2 saturated heterocycles. The van der Waals surface area contributed by atoms with Crippen LogP contribution in [-0.4, -0.2) is 59.1 Å². The van der Waals surface area contributed by atoms with Crippen LogP contribution in [0, 0.1) is 5.92 Å². The number of rotatable bonds is 4. The Kier molecular flexibility index (Phi) is 5.38. The monoisotopic (exact) mass is 338 g/mol. The molecule has 2 N–H and O–H groups in total. The molecule has 7 nitrogen and oxygen atoms in total. The fraction of sp³-hybridized carbons (Fsp3) is 0.824. The van der Waals surface area contributed by atoms with Crippen LogP contribution in [0.3, 0.4) is 0 Å². The third kappa shape index (κ3) is 3.88. The molecule has 0 bridgehead atoms. The van der Waals surface area contributed by atoms with Gasteiger partial charge in [-0.05, 0) is 32.1 Å². The zero-order valence-electron chi connectivity index (χ0n) is 13.9. The summed E-state index contributed by atoms with van der Waals surface area (Å²) in [4.78, 5) is 37.5. The first kappa shape index (κ1) is 17.2. The minimum atomic E-state index is -1.02. The highest BCUT2D eigenvalue weighted by Crippen LogP contribution is 2.27. The average molecular weight is 338 g/mol. The highest BCUT2D eigenvalue weighted by molar-refractivity contribution is 5.83. The highest BCUT2D eigenvalue weighted by atomic mass is 16.5. The van der Waals surface area contributed by atoms with Crippen LogP contribution < -0.4 is 5.32 Å². The lowest BCUT2D eigenvalue weighted by atomic mass is 9.88. The van der Waals surface area contributed by atoms with E-state index in [1.165, 1.54) is 6.42 Å². The molecule has 134 valence electrons. The number of hydrogen-bond acceptors (Lipinski definition) is 4. The van der Waals surface area contributed by atoms with Crippen molar-refractivity contribution in [3.05, 3.63) is 0 Å². The maximum absolute atomic E-state index is 12.5. The molecule has 7 heteroatoms. The first-order chi connectivity index (χ1) is 11.5. The number of amides is 2. The van der Waals surface area contributed by atoms with Gasteiger partial charge in [0.05, 0.1) is 0 Å². The molecule has 3 atom stereocenters.